The third-order valence-electron chi connectivity index (χ3n) is 2.03. The lowest BCUT2D eigenvalue weighted by molar-refractivity contribution is 0.168. The summed E-state index contributed by atoms with van der Waals surface area (Å²) in [6.45, 7) is 4.13. The Morgan fingerprint density at radius 3 is 2.86 bits per heavy atom. The average molecular weight is 195 g/mol. The monoisotopic (exact) mass is 195 g/mol. The number of aliphatic hydroxyl groups is 1. The fraction of sp³-hybridized carbons (Fsp3) is 0.500. The van der Waals surface area contributed by atoms with Crippen molar-refractivity contribution >= 4 is 5.82 Å². The van der Waals surface area contributed by atoms with Gasteiger partial charge in [0.2, 0.25) is 0 Å². The molecule has 0 amide bonds. The number of nitrogens with one attached hydrogen (secondary N) is 1. The molecule has 4 N–H and O–H groups in total. The van der Waals surface area contributed by atoms with Gasteiger partial charge in [-0.2, -0.15) is 0 Å². The first-order valence-corrected chi connectivity index (χ1v) is 4.71. The molecule has 0 aliphatic rings. The van der Waals surface area contributed by atoms with E-state index in [0.717, 1.165) is 11.5 Å². The van der Waals surface area contributed by atoms with Gasteiger partial charge in [0.25, 0.3) is 0 Å². The molecule has 0 aliphatic carbocycles. The fourth-order valence-corrected chi connectivity index (χ4v) is 1.03. The second-order valence-electron chi connectivity index (χ2n) is 3.45. The van der Waals surface area contributed by atoms with Gasteiger partial charge in [0.15, 0.2) is 0 Å². The van der Waals surface area contributed by atoms with Gasteiger partial charge in [-0.3, -0.25) is 0 Å². The molecule has 0 spiro atoms. The van der Waals surface area contributed by atoms with Crippen molar-refractivity contribution in [1.29, 1.82) is 0 Å². The van der Waals surface area contributed by atoms with Crippen LogP contribution in [0.1, 0.15) is 12.6 Å². The normalized spacial score (nSPS) is 14.9. The van der Waals surface area contributed by atoms with Crippen LogP contribution in [0.2, 0.25) is 0 Å². The standard InChI is InChI=1S/C10H17N3O/c1-7-4-3-5-10(13-7)12-6-9(11)8(2)14/h3-5,8-9,14H,6,11H2,1-2H3,(H,12,13). The van der Waals surface area contributed by atoms with E-state index in [1.54, 1.807) is 6.92 Å². The van der Waals surface area contributed by atoms with Crippen LogP contribution >= 0.6 is 0 Å². The molecule has 0 aliphatic heterocycles. The highest BCUT2D eigenvalue weighted by molar-refractivity contribution is 5.35. The third-order valence-corrected chi connectivity index (χ3v) is 2.03. The Hall–Kier alpha value is -1.13. The van der Waals surface area contributed by atoms with Gasteiger partial charge in [-0.05, 0) is 26.0 Å². The van der Waals surface area contributed by atoms with E-state index in [1.807, 2.05) is 25.1 Å². The zero-order chi connectivity index (χ0) is 10.6. The summed E-state index contributed by atoms with van der Waals surface area (Å²) in [5.41, 5.74) is 6.62. The summed E-state index contributed by atoms with van der Waals surface area (Å²) in [5.74, 6) is 0.793. The Balaban J connectivity index is 2.45. The number of aryl methyl sites for hydroxylation is 1. The number of pyridine rings is 1. The molecule has 0 aromatic carbocycles. The van der Waals surface area contributed by atoms with Crippen molar-refractivity contribution in [3.05, 3.63) is 23.9 Å². The molecular weight excluding hydrogens is 178 g/mol. The second kappa shape index (κ2) is 4.93. The molecule has 0 radical (unpaired) electrons. The van der Waals surface area contributed by atoms with Gasteiger partial charge in [0.05, 0.1) is 6.10 Å². The number of hydrogen-bond acceptors (Lipinski definition) is 4. The number of hydrogen-bond donors (Lipinski definition) is 3. The maximum Gasteiger partial charge on any atom is 0.126 e. The van der Waals surface area contributed by atoms with Crippen LogP contribution in [0.4, 0.5) is 5.82 Å². The Morgan fingerprint density at radius 2 is 2.29 bits per heavy atom. The Labute approximate surface area is 84.2 Å². The van der Waals surface area contributed by atoms with Crippen LogP contribution in [0.5, 0.6) is 0 Å². The number of aliphatic hydroxyl groups excluding tert-OH is 1. The number of rotatable bonds is 4. The van der Waals surface area contributed by atoms with Crippen molar-refractivity contribution in [2.24, 2.45) is 5.73 Å². The third kappa shape index (κ3) is 3.32. The minimum atomic E-state index is -0.507. The molecule has 4 heteroatoms. The number of anilines is 1. The van der Waals surface area contributed by atoms with Gasteiger partial charge >= 0.3 is 0 Å². The second-order valence-corrected chi connectivity index (χ2v) is 3.45. The maximum absolute atomic E-state index is 9.17. The van der Waals surface area contributed by atoms with E-state index in [9.17, 15) is 0 Å². The summed E-state index contributed by atoms with van der Waals surface area (Å²) in [7, 11) is 0. The van der Waals surface area contributed by atoms with Crippen molar-refractivity contribution in [2.75, 3.05) is 11.9 Å². The van der Waals surface area contributed by atoms with Gasteiger partial charge in [0, 0.05) is 18.3 Å². The molecule has 78 valence electrons. The molecule has 1 heterocycles. The lowest BCUT2D eigenvalue weighted by Gasteiger charge is -2.15. The molecule has 0 fully saturated rings. The minimum Gasteiger partial charge on any atom is -0.392 e. The van der Waals surface area contributed by atoms with Crippen molar-refractivity contribution < 1.29 is 5.11 Å². The van der Waals surface area contributed by atoms with Crippen LogP contribution in [-0.4, -0.2) is 28.8 Å². The first-order chi connectivity index (χ1) is 6.59. The van der Waals surface area contributed by atoms with E-state index in [-0.39, 0.29) is 6.04 Å². The van der Waals surface area contributed by atoms with Gasteiger partial charge in [-0.25, -0.2) is 4.98 Å². The summed E-state index contributed by atoms with van der Waals surface area (Å²) in [6, 6.07) is 5.47. The quantitative estimate of drug-likeness (QED) is 0.654. The van der Waals surface area contributed by atoms with Crippen LogP contribution in [0.3, 0.4) is 0 Å². The highest BCUT2D eigenvalue weighted by Crippen LogP contribution is 2.03. The Kier molecular flexibility index (Phi) is 3.85. The van der Waals surface area contributed by atoms with E-state index in [2.05, 4.69) is 10.3 Å². The van der Waals surface area contributed by atoms with Gasteiger partial charge in [0.1, 0.15) is 5.82 Å². The highest BCUT2D eigenvalue weighted by Gasteiger charge is 2.08. The molecule has 1 aromatic rings. The smallest absolute Gasteiger partial charge is 0.126 e. The van der Waals surface area contributed by atoms with E-state index in [4.69, 9.17) is 10.8 Å². The molecular formula is C10H17N3O. The van der Waals surface area contributed by atoms with E-state index >= 15 is 0 Å². The average Bonchev–Trinajstić information content (AvgIpc) is 2.14. The molecule has 0 saturated heterocycles. The Morgan fingerprint density at radius 1 is 1.57 bits per heavy atom. The van der Waals surface area contributed by atoms with Gasteiger partial charge < -0.3 is 16.2 Å². The number of nitrogens with zero attached hydrogens (tertiary/aromatic N) is 1. The summed E-state index contributed by atoms with van der Waals surface area (Å²) in [6.07, 6.45) is -0.507. The molecule has 1 rings (SSSR count). The van der Waals surface area contributed by atoms with E-state index < -0.39 is 6.10 Å². The van der Waals surface area contributed by atoms with Crippen LogP contribution in [-0.2, 0) is 0 Å². The van der Waals surface area contributed by atoms with Gasteiger partial charge in [-0.15, -0.1) is 0 Å². The van der Waals surface area contributed by atoms with E-state index in [0.29, 0.717) is 6.54 Å². The number of nitrogens with two attached hydrogens (primary N) is 1. The molecule has 2 unspecified atom stereocenters. The summed E-state index contributed by atoms with van der Waals surface area (Å²) in [4.78, 5) is 4.26. The molecule has 14 heavy (non-hydrogen) atoms. The first kappa shape index (κ1) is 10.9. The highest BCUT2D eigenvalue weighted by atomic mass is 16.3. The summed E-state index contributed by atoms with van der Waals surface area (Å²) < 4.78 is 0. The first-order valence-electron chi connectivity index (χ1n) is 4.71. The molecule has 1 aromatic heterocycles. The molecule has 0 bridgehead atoms. The lowest BCUT2D eigenvalue weighted by atomic mass is 10.2. The molecule has 2 atom stereocenters. The SMILES string of the molecule is Cc1cccc(NCC(N)C(C)O)n1. The largest absolute Gasteiger partial charge is 0.392 e. The molecule has 0 saturated carbocycles. The van der Waals surface area contributed by atoms with Crippen molar-refractivity contribution in [1.82, 2.24) is 4.98 Å². The van der Waals surface area contributed by atoms with Crippen molar-refractivity contribution in [3.63, 3.8) is 0 Å². The van der Waals surface area contributed by atoms with Crippen molar-refractivity contribution in [3.8, 4) is 0 Å². The lowest BCUT2D eigenvalue weighted by Crippen LogP contribution is -2.38. The van der Waals surface area contributed by atoms with Crippen molar-refractivity contribution in [2.45, 2.75) is 26.0 Å². The van der Waals surface area contributed by atoms with Crippen LogP contribution in [0.15, 0.2) is 18.2 Å². The minimum absolute atomic E-state index is 0.266. The predicted octanol–water partition coefficient (Wildman–Crippen LogP) is 0.510. The van der Waals surface area contributed by atoms with Crippen LogP contribution in [0.25, 0.3) is 0 Å². The summed E-state index contributed by atoms with van der Waals surface area (Å²) >= 11 is 0. The Bertz CT molecular complexity index is 288. The zero-order valence-electron chi connectivity index (χ0n) is 8.57. The van der Waals surface area contributed by atoms with Gasteiger partial charge in [-0.1, -0.05) is 6.07 Å². The topological polar surface area (TPSA) is 71.2 Å². The zero-order valence-corrected chi connectivity index (χ0v) is 8.57. The fourth-order valence-electron chi connectivity index (χ4n) is 1.03. The number of aromatic nitrogens is 1. The van der Waals surface area contributed by atoms with Crippen LogP contribution in [0, 0.1) is 6.92 Å². The maximum atomic E-state index is 9.17. The van der Waals surface area contributed by atoms with Crippen LogP contribution < -0.4 is 11.1 Å². The predicted molar refractivity (Wildman–Crippen MR) is 57.1 cm³/mol. The summed E-state index contributed by atoms with van der Waals surface area (Å²) in [5, 5.41) is 12.2. The molecule has 4 nitrogen and oxygen atoms in total. The van der Waals surface area contributed by atoms with E-state index in [1.165, 1.54) is 0 Å².